The molecule has 1 heterocycles. The number of carbonyl (C=O) groups excluding carboxylic acids is 2. The van der Waals surface area contributed by atoms with Crippen molar-refractivity contribution < 1.29 is 19.1 Å². The first-order valence-corrected chi connectivity index (χ1v) is 8.54. The van der Waals surface area contributed by atoms with E-state index in [-0.39, 0.29) is 17.8 Å². The quantitative estimate of drug-likeness (QED) is 0.775. The fraction of sp³-hybridized carbons (Fsp3) is 0.556. The molecule has 1 amide bonds. The summed E-state index contributed by atoms with van der Waals surface area (Å²) in [7, 11) is 0. The maximum absolute atomic E-state index is 12.3. The minimum atomic E-state index is -0.118. The summed E-state index contributed by atoms with van der Waals surface area (Å²) < 4.78 is 10.6. The average Bonchev–Trinajstić information content (AvgIpc) is 2.58. The van der Waals surface area contributed by atoms with E-state index in [1.807, 2.05) is 38.1 Å². The summed E-state index contributed by atoms with van der Waals surface area (Å²) in [6, 6.07) is 7.41. The molecule has 0 aliphatic carbocycles. The van der Waals surface area contributed by atoms with Crippen LogP contribution in [0.4, 0.5) is 5.69 Å². The van der Waals surface area contributed by atoms with E-state index >= 15 is 0 Å². The lowest BCUT2D eigenvalue weighted by atomic mass is 9.97. The van der Waals surface area contributed by atoms with Gasteiger partial charge >= 0.3 is 5.97 Å². The molecule has 1 saturated heterocycles. The molecule has 0 unspecified atom stereocenters. The predicted octanol–water partition coefficient (Wildman–Crippen LogP) is 2.30. The molecule has 0 bridgehead atoms. The van der Waals surface area contributed by atoms with Crippen LogP contribution in [0.1, 0.15) is 26.7 Å². The van der Waals surface area contributed by atoms with Crippen molar-refractivity contribution >= 4 is 17.6 Å². The highest BCUT2D eigenvalue weighted by Crippen LogP contribution is 2.24. The Morgan fingerprint density at radius 1 is 1.17 bits per heavy atom. The van der Waals surface area contributed by atoms with Crippen LogP contribution in [0, 0.1) is 5.92 Å². The van der Waals surface area contributed by atoms with Crippen LogP contribution in [-0.4, -0.2) is 49.6 Å². The molecule has 132 valence electrons. The molecule has 24 heavy (non-hydrogen) atoms. The van der Waals surface area contributed by atoms with Gasteiger partial charge < -0.3 is 14.8 Å². The van der Waals surface area contributed by atoms with Crippen LogP contribution < -0.4 is 10.1 Å². The lowest BCUT2D eigenvalue weighted by Crippen LogP contribution is -2.41. The Morgan fingerprint density at radius 2 is 1.88 bits per heavy atom. The van der Waals surface area contributed by atoms with Gasteiger partial charge in [-0.1, -0.05) is 12.1 Å². The Hall–Kier alpha value is -2.08. The van der Waals surface area contributed by atoms with Crippen molar-refractivity contribution in [1.29, 1.82) is 0 Å². The first-order chi connectivity index (χ1) is 11.6. The fourth-order valence-corrected chi connectivity index (χ4v) is 2.83. The summed E-state index contributed by atoms with van der Waals surface area (Å²) in [6.45, 7) is 6.46. The highest BCUT2D eigenvalue weighted by atomic mass is 16.5. The number of nitrogens with one attached hydrogen (secondary N) is 1. The molecule has 1 fully saturated rings. The van der Waals surface area contributed by atoms with Gasteiger partial charge in [0.25, 0.3) is 0 Å². The van der Waals surface area contributed by atoms with Crippen molar-refractivity contribution in [1.82, 2.24) is 4.90 Å². The van der Waals surface area contributed by atoms with E-state index in [1.54, 1.807) is 0 Å². The maximum Gasteiger partial charge on any atom is 0.309 e. The molecule has 0 aromatic heterocycles. The van der Waals surface area contributed by atoms with Gasteiger partial charge in [-0.2, -0.15) is 0 Å². The number of esters is 1. The molecule has 1 aromatic carbocycles. The van der Waals surface area contributed by atoms with Crippen molar-refractivity contribution in [3.63, 3.8) is 0 Å². The lowest BCUT2D eigenvalue weighted by molar-refractivity contribution is -0.149. The summed E-state index contributed by atoms with van der Waals surface area (Å²) >= 11 is 0. The van der Waals surface area contributed by atoms with E-state index in [4.69, 9.17) is 9.47 Å². The van der Waals surface area contributed by atoms with E-state index in [1.165, 1.54) is 0 Å². The molecule has 2 rings (SSSR count). The average molecular weight is 334 g/mol. The van der Waals surface area contributed by atoms with Crippen molar-refractivity contribution in [2.75, 3.05) is 38.2 Å². The normalized spacial score (nSPS) is 15.8. The Labute approximate surface area is 143 Å². The number of anilines is 1. The number of amides is 1. The standard InChI is InChI=1S/C18H26N2O4/c1-3-23-16-8-6-5-7-15(16)19-17(21)13-20-11-9-14(10-12-20)18(22)24-4-2/h5-8,14H,3-4,9-13H2,1-2H3,(H,19,21). The molecule has 6 nitrogen and oxygen atoms in total. The van der Waals surface area contributed by atoms with E-state index in [9.17, 15) is 9.59 Å². The number of hydrogen-bond acceptors (Lipinski definition) is 5. The Balaban J connectivity index is 1.81. The van der Waals surface area contributed by atoms with Gasteiger partial charge in [-0.05, 0) is 51.9 Å². The third kappa shape index (κ3) is 5.23. The van der Waals surface area contributed by atoms with Crippen LogP contribution in [0.15, 0.2) is 24.3 Å². The summed E-state index contributed by atoms with van der Waals surface area (Å²) in [5.74, 6) is 0.446. The third-order valence-electron chi connectivity index (χ3n) is 4.04. The van der Waals surface area contributed by atoms with Gasteiger partial charge in [0.15, 0.2) is 0 Å². The van der Waals surface area contributed by atoms with Gasteiger partial charge in [0.1, 0.15) is 5.75 Å². The van der Waals surface area contributed by atoms with Gasteiger partial charge in [-0.3, -0.25) is 14.5 Å². The summed E-state index contributed by atoms with van der Waals surface area (Å²) in [5.41, 5.74) is 0.686. The van der Waals surface area contributed by atoms with Crippen LogP contribution >= 0.6 is 0 Å². The zero-order chi connectivity index (χ0) is 17.4. The number of piperidine rings is 1. The molecule has 0 saturated carbocycles. The van der Waals surface area contributed by atoms with Crippen molar-refractivity contribution in [3.05, 3.63) is 24.3 Å². The Bertz CT molecular complexity index is 554. The largest absolute Gasteiger partial charge is 0.492 e. The molecule has 0 radical (unpaired) electrons. The predicted molar refractivity (Wildman–Crippen MR) is 92.0 cm³/mol. The topological polar surface area (TPSA) is 67.9 Å². The van der Waals surface area contributed by atoms with Crippen molar-refractivity contribution in [2.24, 2.45) is 5.92 Å². The molecule has 1 aliphatic heterocycles. The molecule has 1 N–H and O–H groups in total. The number of carbonyl (C=O) groups is 2. The first-order valence-electron chi connectivity index (χ1n) is 8.54. The first kappa shape index (κ1) is 18.3. The van der Waals surface area contributed by atoms with Gasteiger partial charge in [-0.25, -0.2) is 0 Å². The molecule has 0 atom stereocenters. The Kier molecular flexibility index (Phi) is 7.06. The smallest absolute Gasteiger partial charge is 0.309 e. The molecule has 1 aromatic rings. The minimum absolute atomic E-state index is 0.0389. The molecule has 6 heteroatoms. The number of likely N-dealkylation sites (tertiary alicyclic amines) is 1. The molecular weight excluding hydrogens is 308 g/mol. The van der Waals surface area contributed by atoms with Crippen LogP contribution in [-0.2, 0) is 14.3 Å². The third-order valence-corrected chi connectivity index (χ3v) is 4.04. The zero-order valence-corrected chi connectivity index (χ0v) is 14.4. The lowest BCUT2D eigenvalue weighted by Gasteiger charge is -2.30. The fourth-order valence-electron chi connectivity index (χ4n) is 2.83. The molecular formula is C18H26N2O4. The molecule has 1 aliphatic rings. The summed E-state index contributed by atoms with van der Waals surface area (Å²) in [4.78, 5) is 26.1. The Morgan fingerprint density at radius 3 is 2.54 bits per heavy atom. The number of rotatable bonds is 7. The van der Waals surface area contributed by atoms with Crippen molar-refractivity contribution in [2.45, 2.75) is 26.7 Å². The van der Waals surface area contributed by atoms with E-state index in [2.05, 4.69) is 10.2 Å². The highest BCUT2D eigenvalue weighted by Gasteiger charge is 2.26. The summed E-state index contributed by atoms with van der Waals surface area (Å²) in [6.07, 6.45) is 1.48. The highest BCUT2D eigenvalue weighted by molar-refractivity contribution is 5.93. The van der Waals surface area contributed by atoms with Crippen LogP contribution in [0.5, 0.6) is 5.75 Å². The van der Waals surface area contributed by atoms with Crippen molar-refractivity contribution in [3.8, 4) is 5.75 Å². The monoisotopic (exact) mass is 334 g/mol. The minimum Gasteiger partial charge on any atom is -0.492 e. The van der Waals surface area contributed by atoms with Crippen LogP contribution in [0.2, 0.25) is 0 Å². The van der Waals surface area contributed by atoms with E-state index < -0.39 is 0 Å². The van der Waals surface area contributed by atoms with Crippen LogP contribution in [0.25, 0.3) is 0 Å². The second-order valence-corrected chi connectivity index (χ2v) is 5.78. The van der Waals surface area contributed by atoms with Gasteiger partial charge in [0, 0.05) is 0 Å². The number of ether oxygens (including phenoxy) is 2. The maximum atomic E-state index is 12.3. The van der Waals surface area contributed by atoms with E-state index in [0.29, 0.717) is 31.2 Å². The second kappa shape index (κ2) is 9.27. The zero-order valence-electron chi connectivity index (χ0n) is 14.4. The van der Waals surface area contributed by atoms with E-state index in [0.717, 1.165) is 25.9 Å². The van der Waals surface area contributed by atoms with Gasteiger partial charge in [-0.15, -0.1) is 0 Å². The number of hydrogen-bond donors (Lipinski definition) is 1. The van der Waals surface area contributed by atoms with Crippen LogP contribution in [0.3, 0.4) is 0 Å². The summed E-state index contributed by atoms with van der Waals surface area (Å²) in [5, 5.41) is 2.90. The molecule has 0 spiro atoms. The number of nitrogens with zero attached hydrogens (tertiary/aromatic N) is 1. The number of benzene rings is 1. The SMILES string of the molecule is CCOC(=O)C1CCN(CC(=O)Nc2ccccc2OCC)CC1. The second-order valence-electron chi connectivity index (χ2n) is 5.78. The van der Waals surface area contributed by atoms with Gasteiger partial charge in [0.05, 0.1) is 31.4 Å². The van der Waals surface area contributed by atoms with Gasteiger partial charge in [0.2, 0.25) is 5.91 Å². The number of para-hydroxylation sites is 2.